The molecule has 1 saturated carbocycles. The van der Waals surface area contributed by atoms with E-state index in [0.29, 0.717) is 23.5 Å². The standard InChI is InChI=1S/C22H26N4O3/c1-14(2)24-22(29)26-19-9-3-15(4-10-19)13-23-20(27)16-7-11-18(12-8-16)25-21(28)17-5-6-17/h3-4,7-12,14,17H,5-6,13H2,1-2H3,(H,23,27)(H,25,28)(H2,24,26,29). The molecule has 4 amide bonds. The summed E-state index contributed by atoms with van der Waals surface area (Å²) in [6.07, 6.45) is 1.91. The number of carbonyl (C=O) groups is 3. The predicted molar refractivity (Wildman–Crippen MR) is 113 cm³/mol. The van der Waals surface area contributed by atoms with Gasteiger partial charge in [0.2, 0.25) is 5.91 Å². The van der Waals surface area contributed by atoms with Gasteiger partial charge in [-0.2, -0.15) is 0 Å². The molecule has 1 aliphatic rings. The molecule has 0 radical (unpaired) electrons. The Balaban J connectivity index is 1.47. The smallest absolute Gasteiger partial charge is 0.319 e. The molecule has 2 aromatic rings. The van der Waals surface area contributed by atoms with Crippen molar-refractivity contribution >= 4 is 29.2 Å². The van der Waals surface area contributed by atoms with E-state index in [9.17, 15) is 14.4 Å². The lowest BCUT2D eigenvalue weighted by atomic mass is 10.1. The molecule has 152 valence electrons. The van der Waals surface area contributed by atoms with Crippen LogP contribution in [0.4, 0.5) is 16.2 Å². The molecule has 7 nitrogen and oxygen atoms in total. The molecule has 1 fully saturated rings. The Hall–Kier alpha value is -3.35. The number of benzene rings is 2. The molecular formula is C22H26N4O3. The zero-order chi connectivity index (χ0) is 20.8. The second-order valence-electron chi connectivity index (χ2n) is 7.47. The summed E-state index contributed by atoms with van der Waals surface area (Å²) in [5.41, 5.74) is 2.82. The molecule has 2 aromatic carbocycles. The lowest BCUT2D eigenvalue weighted by molar-refractivity contribution is -0.117. The molecule has 0 saturated heterocycles. The summed E-state index contributed by atoms with van der Waals surface area (Å²) in [5.74, 6) is -0.00504. The van der Waals surface area contributed by atoms with Gasteiger partial charge < -0.3 is 21.3 Å². The molecule has 1 aliphatic carbocycles. The number of carbonyl (C=O) groups excluding carboxylic acids is 3. The summed E-state index contributed by atoms with van der Waals surface area (Å²) in [6.45, 7) is 4.16. The summed E-state index contributed by atoms with van der Waals surface area (Å²) in [6, 6.07) is 13.9. The third kappa shape index (κ3) is 6.34. The van der Waals surface area contributed by atoms with E-state index in [2.05, 4.69) is 21.3 Å². The maximum atomic E-state index is 12.3. The fourth-order valence-electron chi connectivity index (χ4n) is 2.71. The summed E-state index contributed by atoms with van der Waals surface area (Å²) in [7, 11) is 0. The van der Waals surface area contributed by atoms with Gasteiger partial charge in [-0.3, -0.25) is 9.59 Å². The minimum atomic E-state index is -0.252. The maximum absolute atomic E-state index is 12.3. The Morgan fingerprint density at radius 3 is 2.07 bits per heavy atom. The van der Waals surface area contributed by atoms with Gasteiger partial charge in [-0.05, 0) is 68.7 Å². The molecule has 29 heavy (non-hydrogen) atoms. The van der Waals surface area contributed by atoms with Gasteiger partial charge in [0, 0.05) is 35.4 Å². The van der Waals surface area contributed by atoms with E-state index >= 15 is 0 Å². The summed E-state index contributed by atoms with van der Waals surface area (Å²) < 4.78 is 0. The van der Waals surface area contributed by atoms with Crippen molar-refractivity contribution in [3.8, 4) is 0 Å². The largest absolute Gasteiger partial charge is 0.348 e. The Morgan fingerprint density at radius 2 is 1.48 bits per heavy atom. The number of hydrogen-bond donors (Lipinski definition) is 4. The van der Waals surface area contributed by atoms with Crippen LogP contribution in [0.25, 0.3) is 0 Å². The van der Waals surface area contributed by atoms with E-state index in [1.54, 1.807) is 36.4 Å². The molecule has 0 atom stereocenters. The average Bonchev–Trinajstić information content (AvgIpc) is 3.52. The number of amides is 4. The van der Waals surface area contributed by atoms with E-state index in [4.69, 9.17) is 0 Å². The summed E-state index contributed by atoms with van der Waals surface area (Å²) in [4.78, 5) is 35.8. The lowest BCUT2D eigenvalue weighted by Crippen LogP contribution is -2.34. The minimum Gasteiger partial charge on any atom is -0.348 e. The molecule has 0 spiro atoms. The molecule has 0 aliphatic heterocycles. The average molecular weight is 394 g/mol. The highest BCUT2D eigenvalue weighted by molar-refractivity contribution is 5.96. The molecule has 7 heteroatoms. The van der Waals surface area contributed by atoms with Crippen LogP contribution in [0.3, 0.4) is 0 Å². The van der Waals surface area contributed by atoms with E-state index in [1.165, 1.54) is 0 Å². The van der Waals surface area contributed by atoms with Crippen LogP contribution >= 0.6 is 0 Å². The summed E-state index contributed by atoms with van der Waals surface area (Å²) in [5, 5.41) is 11.2. The van der Waals surface area contributed by atoms with Crippen molar-refractivity contribution in [2.24, 2.45) is 5.92 Å². The van der Waals surface area contributed by atoms with Crippen molar-refractivity contribution < 1.29 is 14.4 Å². The van der Waals surface area contributed by atoms with E-state index in [0.717, 1.165) is 18.4 Å². The van der Waals surface area contributed by atoms with Crippen molar-refractivity contribution in [1.29, 1.82) is 0 Å². The second kappa shape index (κ2) is 9.23. The number of nitrogens with one attached hydrogen (secondary N) is 4. The first-order valence-electron chi connectivity index (χ1n) is 9.76. The van der Waals surface area contributed by atoms with Crippen molar-refractivity contribution in [2.45, 2.75) is 39.3 Å². The van der Waals surface area contributed by atoms with Crippen LogP contribution in [0, 0.1) is 5.92 Å². The van der Waals surface area contributed by atoms with Gasteiger partial charge in [-0.25, -0.2) is 4.79 Å². The van der Waals surface area contributed by atoms with Crippen molar-refractivity contribution in [2.75, 3.05) is 10.6 Å². The lowest BCUT2D eigenvalue weighted by Gasteiger charge is -2.11. The quantitative estimate of drug-likeness (QED) is 0.578. The minimum absolute atomic E-state index is 0.0434. The molecule has 0 bridgehead atoms. The maximum Gasteiger partial charge on any atom is 0.319 e. The summed E-state index contributed by atoms with van der Waals surface area (Å²) >= 11 is 0. The van der Waals surface area contributed by atoms with Crippen LogP contribution in [0.15, 0.2) is 48.5 Å². The Kier molecular flexibility index (Phi) is 6.49. The first-order chi connectivity index (χ1) is 13.9. The van der Waals surface area contributed by atoms with Crippen LogP contribution in [-0.2, 0) is 11.3 Å². The van der Waals surface area contributed by atoms with Gasteiger partial charge >= 0.3 is 6.03 Å². The zero-order valence-corrected chi connectivity index (χ0v) is 16.6. The topological polar surface area (TPSA) is 99.3 Å². The number of urea groups is 1. The van der Waals surface area contributed by atoms with Crippen molar-refractivity contribution in [3.63, 3.8) is 0 Å². The normalized spacial score (nSPS) is 12.9. The van der Waals surface area contributed by atoms with Gasteiger partial charge in [0.1, 0.15) is 0 Å². The number of hydrogen-bond acceptors (Lipinski definition) is 3. The fraction of sp³-hybridized carbons (Fsp3) is 0.318. The highest BCUT2D eigenvalue weighted by Gasteiger charge is 2.29. The second-order valence-corrected chi connectivity index (χ2v) is 7.47. The van der Waals surface area contributed by atoms with Crippen molar-refractivity contribution in [3.05, 3.63) is 59.7 Å². The third-order valence-electron chi connectivity index (χ3n) is 4.45. The van der Waals surface area contributed by atoms with Gasteiger partial charge in [0.05, 0.1) is 0 Å². The van der Waals surface area contributed by atoms with E-state index < -0.39 is 0 Å². The van der Waals surface area contributed by atoms with Crippen LogP contribution in [0.5, 0.6) is 0 Å². The predicted octanol–water partition coefficient (Wildman–Crippen LogP) is 3.50. The monoisotopic (exact) mass is 394 g/mol. The van der Waals surface area contributed by atoms with Crippen LogP contribution < -0.4 is 21.3 Å². The number of rotatable bonds is 7. The molecule has 4 N–H and O–H groups in total. The molecule has 0 unspecified atom stereocenters. The van der Waals surface area contributed by atoms with Crippen molar-refractivity contribution in [1.82, 2.24) is 10.6 Å². The Bertz CT molecular complexity index is 872. The van der Waals surface area contributed by atoms with Gasteiger partial charge in [-0.15, -0.1) is 0 Å². The Morgan fingerprint density at radius 1 is 0.897 bits per heavy atom. The van der Waals surface area contributed by atoms with Crippen LogP contribution in [-0.4, -0.2) is 23.9 Å². The SMILES string of the molecule is CC(C)NC(=O)Nc1ccc(CNC(=O)c2ccc(NC(=O)C3CC3)cc2)cc1. The number of anilines is 2. The van der Waals surface area contributed by atoms with Gasteiger partial charge in [0.25, 0.3) is 5.91 Å². The third-order valence-corrected chi connectivity index (χ3v) is 4.45. The highest BCUT2D eigenvalue weighted by atomic mass is 16.2. The molecule has 0 aromatic heterocycles. The van der Waals surface area contributed by atoms with E-state index in [1.807, 2.05) is 26.0 Å². The zero-order valence-electron chi connectivity index (χ0n) is 16.6. The fourth-order valence-corrected chi connectivity index (χ4v) is 2.71. The molecule has 0 heterocycles. The first kappa shape index (κ1) is 20.4. The Labute approximate surface area is 170 Å². The first-order valence-corrected chi connectivity index (χ1v) is 9.76. The van der Waals surface area contributed by atoms with E-state index in [-0.39, 0.29) is 29.8 Å². The van der Waals surface area contributed by atoms with Crippen LogP contribution in [0.1, 0.15) is 42.6 Å². The highest BCUT2D eigenvalue weighted by Crippen LogP contribution is 2.30. The van der Waals surface area contributed by atoms with Crippen LogP contribution in [0.2, 0.25) is 0 Å². The van der Waals surface area contributed by atoms with Gasteiger partial charge in [-0.1, -0.05) is 12.1 Å². The molecular weight excluding hydrogens is 368 g/mol. The van der Waals surface area contributed by atoms with Gasteiger partial charge in [0.15, 0.2) is 0 Å². The molecule has 3 rings (SSSR count).